The number of hydrogen-bond acceptors (Lipinski definition) is 7. The summed E-state index contributed by atoms with van der Waals surface area (Å²) in [6, 6.07) is 28.8. The van der Waals surface area contributed by atoms with Crippen molar-refractivity contribution in [2.24, 2.45) is 0 Å². The van der Waals surface area contributed by atoms with E-state index in [1.165, 1.54) is 13.0 Å². The van der Waals surface area contributed by atoms with Crippen molar-refractivity contribution in [3.05, 3.63) is 114 Å². The van der Waals surface area contributed by atoms with Crippen LogP contribution in [0.3, 0.4) is 0 Å². The third-order valence-electron chi connectivity index (χ3n) is 6.87. The third-order valence-corrected chi connectivity index (χ3v) is 9.96. The van der Waals surface area contributed by atoms with Gasteiger partial charge in [0, 0.05) is 19.2 Å². The van der Waals surface area contributed by atoms with Gasteiger partial charge in [0.2, 0.25) is 5.91 Å². The minimum absolute atomic E-state index is 0.0696. The van der Waals surface area contributed by atoms with Gasteiger partial charge < -0.3 is 4.90 Å². The van der Waals surface area contributed by atoms with Crippen LogP contribution in [0.2, 0.25) is 0 Å². The van der Waals surface area contributed by atoms with E-state index < -0.39 is 29.5 Å². The van der Waals surface area contributed by atoms with Crippen LogP contribution in [0, 0.1) is 0 Å². The Labute approximate surface area is 272 Å². The molecule has 46 heavy (non-hydrogen) atoms. The average molecular weight is 706 g/mol. The number of imide groups is 1. The van der Waals surface area contributed by atoms with Gasteiger partial charge in [-0.2, -0.15) is 0 Å². The number of hydrogen-bond donors (Lipinski definition) is 5. The number of nitrogens with zero attached hydrogens (tertiary/aromatic N) is 1. The topological polar surface area (TPSA) is 173 Å². The van der Waals surface area contributed by atoms with E-state index in [2.05, 4.69) is 16.7 Å². The Morgan fingerprint density at radius 3 is 2.11 bits per heavy atom. The van der Waals surface area contributed by atoms with Crippen molar-refractivity contribution < 1.29 is 36.2 Å². The molecule has 1 aliphatic heterocycles. The normalized spacial score (nSPS) is 14.1. The average Bonchev–Trinajstić information content (AvgIpc) is 3.33. The van der Waals surface area contributed by atoms with Crippen LogP contribution in [0.15, 0.2) is 97.1 Å². The van der Waals surface area contributed by atoms with Crippen molar-refractivity contribution >= 4 is 58.9 Å². The number of carbonyl (C=O) groups is 4. The fourth-order valence-electron chi connectivity index (χ4n) is 4.69. The van der Waals surface area contributed by atoms with Gasteiger partial charge in [0.15, 0.2) is 0 Å². The van der Waals surface area contributed by atoms with E-state index in [9.17, 15) is 28.0 Å². The van der Waals surface area contributed by atoms with E-state index in [4.69, 9.17) is 8.19 Å². The first-order valence-electron chi connectivity index (χ1n) is 14.0. The van der Waals surface area contributed by atoms with Gasteiger partial charge in [-0.3, -0.25) is 19.7 Å². The molecule has 0 spiro atoms. The number of thioether (sulfide) groups is 1. The maximum absolute atomic E-state index is 12.9. The smallest absolute Gasteiger partial charge is 0.286 e. The minimum Gasteiger partial charge on any atom is -0.337 e. The first kappa shape index (κ1) is 34.3. The number of aromatic hydroxyl groups is 1. The summed E-state index contributed by atoms with van der Waals surface area (Å²) < 4.78 is 28.2. The van der Waals surface area contributed by atoms with Crippen molar-refractivity contribution in [2.75, 3.05) is 12.4 Å². The van der Waals surface area contributed by atoms with E-state index >= 15 is 0 Å². The van der Waals surface area contributed by atoms with Gasteiger partial charge in [-0.05, 0) is 46.9 Å². The van der Waals surface area contributed by atoms with Gasteiger partial charge in [-0.1, -0.05) is 72.4 Å². The van der Waals surface area contributed by atoms with Crippen molar-refractivity contribution in [2.45, 2.75) is 25.1 Å². The van der Waals surface area contributed by atoms with Crippen LogP contribution in [0.25, 0.3) is 11.1 Å². The zero-order chi connectivity index (χ0) is 33.4. The predicted octanol–water partition coefficient (Wildman–Crippen LogP) is 3.43. The Morgan fingerprint density at radius 2 is 1.54 bits per heavy atom. The van der Waals surface area contributed by atoms with Crippen LogP contribution in [0.4, 0.5) is 10.5 Å². The SMILES string of the molecule is CC(=O)Nc1ccc([As](=O)(O)O)c(O)c1.CN(Cc1cc(-c2ccccc2)ccc1CC1SC(=O)NC1=O)C(=O)c1ccccc1. The summed E-state index contributed by atoms with van der Waals surface area (Å²) in [7, 11) is 1.77. The molecule has 4 aromatic carbocycles. The van der Waals surface area contributed by atoms with E-state index in [0.29, 0.717) is 18.5 Å². The van der Waals surface area contributed by atoms with Gasteiger partial charge in [-0.15, -0.1) is 0 Å². The zero-order valence-electron chi connectivity index (χ0n) is 24.9. The van der Waals surface area contributed by atoms with Crippen LogP contribution in [-0.4, -0.2) is 67.6 Å². The molecule has 1 atom stereocenters. The number of nitrogens with one attached hydrogen (secondary N) is 2. The molecule has 1 saturated heterocycles. The third kappa shape index (κ3) is 9.21. The molecule has 0 radical (unpaired) electrons. The van der Waals surface area contributed by atoms with Crippen LogP contribution in [-0.2, 0) is 26.3 Å². The number of amides is 4. The fraction of sp³-hybridized carbons (Fsp3) is 0.152. The Balaban J connectivity index is 0.000000270. The number of rotatable bonds is 8. The monoisotopic (exact) mass is 705 g/mol. The molecule has 0 aliphatic carbocycles. The second kappa shape index (κ2) is 15.1. The maximum atomic E-state index is 12.9. The van der Waals surface area contributed by atoms with Crippen LogP contribution in [0.5, 0.6) is 5.75 Å². The number of anilines is 1. The number of benzene rings is 4. The molecule has 1 fully saturated rings. The summed E-state index contributed by atoms with van der Waals surface area (Å²) in [4.78, 5) is 48.9. The molecule has 11 nitrogen and oxygen atoms in total. The van der Waals surface area contributed by atoms with Gasteiger partial charge in [0.1, 0.15) is 0 Å². The van der Waals surface area contributed by atoms with Crippen molar-refractivity contribution in [1.29, 1.82) is 0 Å². The Morgan fingerprint density at radius 1 is 0.891 bits per heavy atom. The fourth-order valence-corrected chi connectivity index (χ4v) is 6.86. The van der Waals surface area contributed by atoms with Crippen molar-refractivity contribution in [1.82, 2.24) is 10.2 Å². The minimum atomic E-state index is -5.09. The van der Waals surface area contributed by atoms with E-state index in [0.717, 1.165) is 46.1 Å². The summed E-state index contributed by atoms with van der Waals surface area (Å²) in [6.07, 6.45) is 0.431. The van der Waals surface area contributed by atoms with Gasteiger partial charge in [0.05, 0.1) is 5.25 Å². The molecule has 1 aliphatic rings. The standard InChI is InChI=1S/C25H22N2O3S.C8H10AsNO5/c1-27(24(29)18-10-6-3-7-11-18)16-21-14-19(17-8-4-2-5-9-17)12-13-20(21)15-22-23(28)26-25(30)31-22;1-5(11)10-6-2-3-7(8(12)4-6)9(13,14)15/h2-14,22H,15-16H2,1H3,(H,26,28,30);2-4,12H,1H3,(H,10,11)(H2,13,14,15). The summed E-state index contributed by atoms with van der Waals surface area (Å²) in [5.74, 6) is -1.18. The number of phenolic OH excluding ortho intramolecular Hbond substituents is 1. The molecule has 5 rings (SSSR count). The predicted molar refractivity (Wildman–Crippen MR) is 176 cm³/mol. The molecule has 5 N–H and O–H groups in total. The Kier molecular flexibility index (Phi) is 11.3. The quantitative estimate of drug-likeness (QED) is 0.172. The van der Waals surface area contributed by atoms with Crippen molar-refractivity contribution in [3.8, 4) is 16.9 Å². The maximum Gasteiger partial charge on any atom is 0.286 e. The second-order valence-corrected chi connectivity index (χ2v) is 14.9. The molecular formula is C33H32AsN3O8S. The van der Waals surface area contributed by atoms with Gasteiger partial charge >= 0.3 is 88.1 Å². The first-order valence-corrected chi connectivity index (χ1v) is 18.2. The van der Waals surface area contributed by atoms with Crippen molar-refractivity contribution in [3.63, 3.8) is 0 Å². The van der Waals surface area contributed by atoms with E-state index in [-0.39, 0.29) is 28.6 Å². The molecule has 4 aromatic rings. The zero-order valence-corrected chi connectivity index (χ0v) is 27.6. The van der Waals surface area contributed by atoms with E-state index in [1.807, 2.05) is 60.7 Å². The van der Waals surface area contributed by atoms with Gasteiger partial charge in [0.25, 0.3) is 11.1 Å². The summed E-state index contributed by atoms with van der Waals surface area (Å²) >= 11 is -4.07. The van der Waals surface area contributed by atoms with Crippen LogP contribution >= 0.6 is 11.8 Å². The largest absolute Gasteiger partial charge is 0.337 e. The van der Waals surface area contributed by atoms with Crippen LogP contribution in [0.1, 0.15) is 28.4 Å². The molecule has 238 valence electrons. The summed E-state index contributed by atoms with van der Waals surface area (Å²) in [6.45, 7) is 1.69. The van der Waals surface area contributed by atoms with E-state index in [1.54, 1.807) is 24.1 Å². The Bertz CT molecular complexity index is 1800. The Hall–Kier alpha value is -4.61. The molecule has 13 heteroatoms. The number of carbonyl (C=O) groups excluding carboxylic acids is 4. The second-order valence-electron chi connectivity index (χ2n) is 10.4. The molecular weight excluding hydrogens is 673 g/mol. The molecule has 0 saturated carbocycles. The summed E-state index contributed by atoms with van der Waals surface area (Å²) in [5.41, 5.74) is 4.94. The molecule has 1 unspecified atom stereocenters. The summed E-state index contributed by atoms with van der Waals surface area (Å²) in [5, 5.41) is 13.3. The van der Waals surface area contributed by atoms with Crippen LogP contribution < -0.4 is 15.0 Å². The molecule has 1 heterocycles. The molecule has 4 amide bonds. The molecule has 0 aromatic heterocycles. The number of phenols is 1. The first-order chi connectivity index (χ1) is 21.8. The van der Waals surface area contributed by atoms with Gasteiger partial charge in [-0.25, -0.2) is 0 Å². The molecule has 0 bridgehead atoms.